The Bertz CT molecular complexity index is 246. The molecule has 1 atom stereocenters. The summed E-state index contributed by atoms with van der Waals surface area (Å²) in [5.74, 6) is 0.790. The van der Waals surface area contributed by atoms with Crippen LogP contribution in [0.5, 0.6) is 0 Å². The zero-order chi connectivity index (χ0) is 12.5. The molecule has 100 valence electrons. The van der Waals surface area contributed by atoms with E-state index < -0.39 is 0 Å². The van der Waals surface area contributed by atoms with Crippen molar-refractivity contribution in [1.82, 2.24) is 9.80 Å². The van der Waals surface area contributed by atoms with E-state index in [2.05, 4.69) is 30.7 Å². The second kappa shape index (κ2) is 5.25. The van der Waals surface area contributed by atoms with Gasteiger partial charge in [-0.25, -0.2) is 0 Å². The van der Waals surface area contributed by atoms with E-state index in [1.807, 2.05) is 0 Å². The Morgan fingerprint density at radius 1 is 1.24 bits per heavy atom. The number of nitrogens with zero attached hydrogens (tertiary/aromatic N) is 2. The highest BCUT2D eigenvalue weighted by Gasteiger charge is 2.32. The molecule has 2 aliphatic rings. The number of hydrogen-bond acceptors (Lipinski definition) is 3. The van der Waals surface area contributed by atoms with E-state index in [9.17, 15) is 0 Å². The van der Waals surface area contributed by atoms with Gasteiger partial charge < -0.3 is 5.73 Å². The summed E-state index contributed by atoms with van der Waals surface area (Å²) < 4.78 is 0. The molecule has 1 saturated carbocycles. The maximum Gasteiger partial charge on any atom is 0.0277 e. The van der Waals surface area contributed by atoms with E-state index in [4.69, 9.17) is 5.73 Å². The van der Waals surface area contributed by atoms with Crippen LogP contribution in [0.15, 0.2) is 0 Å². The van der Waals surface area contributed by atoms with Gasteiger partial charge in [0, 0.05) is 37.8 Å². The molecule has 0 aromatic heterocycles. The number of hydrogen-bond donors (Lipinski definition) is 1. The summed E-state index contributed by atoms with van der Waals surface area (Å²) in [5, 5.41) is 0. The van der Waals surface area contributed by atoms with Crippen LogP contribution in [0, 0.1) is 5.92 Å². The molecule has 2 rings (SSSR count). The summed E-state index contributed by atoms with van der Waals surface area (Å²) >= 11 is 0. The van der Waals surface area contributed by atoms with Crippen molar-refractivity contribution in [2.24, 2.45) is 11.7 Å². The Hall–Kier alpha value is -0.120. The number of rotatable bonds is 3. The van der Waals surface area contributed by atoms with Gasteiger partial charge in [0.2, 0.25) is 0 Å². The standard InChI is InChI=1S/C14H29N3/c1-14(2)11-17(9-8-16(14)3)10-13(15)12-6-4-5-7-12/h12-13H,4-11,15H2,1-3H3. The van der Waals surface area contributed by atoms with E-state index in [1.54, 1.807) is 0 Å². The van der Waals surface area contributed by atoms with Gasteiger partial charge in [-0.1, -0.05) is 12.8 Å². The summed E-state index contributed by atoms with van der Waals surface area (Å²) in [5.41, 5.74) is 6.68. The van der Waals surface area contributed by atoms with Crippen molar-refractivity contribution in [2.75, 3.05) is 33.2 Å². The molecule has 1 aliphatic carbocycles. The fraction of sp³-hybridized carbons (Fsp3) is 1.00. The Balaban J connectivity index is 1.83. The maximum absolute atomic E-state index is 6.38. The molecule has 1 aliphatic heterocycles. The third-order valence-electron chi connectivity index (χ3n) is 4.87. The van der Waals surface area contributed by atoms with Crippen LogP contribution in [0.2, 0.25) is 0 Å². The quantitative estimate of drug-likeness (QED) is 0.811. The number of nitrogens with two attached hydrogens (primary N) is 1. The summed E-state index contributed by atoms with van der Waals surface area (Å²) in [7, 11) is 2.23. The van der Waals surface area contributed by atoms with Gasteiger partial charge >= 0.3 is 0 Å². The fourth-order valence-electron chi connectivity index (χ4n) is 3.33. The van der Waals surface area contributed by atoms with Crippen LogP contribution in [0.25, 0.3) is 0 Å². The van der Waals surface area contributed by atoms with Crippen LogP contribution in [0.1, 0.15) is 39.5 Å². The van der Waals surface area contributed by atoms with E-state index in [0.29, 0.717) is 11.6 Å². The van der Waals surface area contributed by atoms with Crippen molar-refractivity contribution in [1.29, 1.82) is 0 Å². The molecule has 3 heteroatoms. The molecule has 0 radical (unpaired) electrons. The second-order valence-electron chi connectivity index (χ2n) is 6.68. The van der Waals surface area contributed by atoms with Crippen LogP contribution < -0.4 is 5.73 Å². The van der Waals surface area contributed by atoms with E-state index >= 15 is 0 Å². The Kier molecular flexibility index (Phi) is 4.11. The molecule has 3 nitrogen and oxygen atoms in total. The molecule has 0 amide bonds. The minimum Gasteiger partial charge on any atom is -0.326 e. The van der Waals surface area contributed by atoms with Crippen molar-refractivity contribution in [2.45, 2.75) is 51.1 Å². The van der Waals surface area contributed by atoms with Gasteiger partial charge in [0.25, 0.3) is 0 Å². The largest absolute Gasteiger partial charge is 0.326 e. The summed E-state index contributed by atoms with van der Waals surface area (Å²) in [6.07, 6.45) is 5.51. The van der Waals surface area contributed by atoms with Gasteiger partial charge in [0.1, 0.15) is 0 Å². The molecular formula is C14H29N3. The highest BCUT2D eigenvalue weighted by molar-refractivity contribution is 4.90. The Morgan fingerprint density at radius 3 is 2.47 bits per heavy atom. The van der Waals surface area contributed by atoms with Gasteiger partial charge in [-0.3, -0.25) is 9.80 Å². The van der Waals surface area contributed by atoms with Crippen LogP contribution in [0.4, 0.5) is 0 Å². The summed E-state index contributed by atoms with van der Waals surface area (Å²) in [6, 6.07) is 0.400. The Morgan fingerprint density at radius 2 is 1.88 bits per heavy atom. The lowest BCUT2D eigenvalue weighted by molar-refractivity contribution is 0.0342. The van der Waals surface area contributed by atoms with Crippen LogP contribution in [-0.4, -0.2) is 54.6 Å². The minimum atomic E-state index is 0.299. The topological polar surface area (TPSA) is 32.5 Å². The highest BCUT2D eigenvalue weighted by Crippen LogP contribution is 2.28. The van der Waals surface area contributed by atoms with E-state index in [0.717, 1.165) is 19.0 Å². The third kappa shape index (κ3) is 3.21. The van der Waals surface area contributed by atoms with Gasteiger partial charge in [-0.05, 0) is 39.7 Å². The first-order valence-corrected chi connectivity index (χ1v) is 7.18. The molecule has 0 aromatic rings. The van der Waals surface area contributed by atoms with Crippen molar-refractivity contribution in [3.63, 3.8) is 0 Å². The van der Waals surface area contributed by atoms with Crippen molar-refractivity contribution >= 4 is 0 Å². The summed E-state index contributed by atoms with van der Waals surface area (Å²) in [4.78, 5) is 5.04. The minimum absolute atomic E-state index is 0.299. The van der Waals surface area contributed by atoms with Gasteiger partial charge in [0.05, 0.1) is 0 Å². The van der Waals surface area contributed by atoms with Crippen LogP contribution in [-0.2, 0) is 0 Å². The first-order chi connectivity index (χ1) is 7.99. The second-order valence-corrected chi connectivity index (χ2v) is 6.68. The van der Waals surface area contributed by atoms with Gasteiger partial charge in [-0.2, -0.15) is 0 Å². The zero-order valence-corrected chi connectivity index (χ0v) is 11.8. The van der Waals surface area contributed by atoms with Crippen LogP contribution in [0.3, 0.4) is 0 Å². The first kappa shape index (κ1) is 13.3. The molecule has 1 heterocycles. The predicted octanol–water partition coefficient (Wildman–Crippen LogP) is 1.53. The van der Waals surface area contributed by atoms with Crippen molar-refractivity contribution in [3.05, 3.63) is 0 Å². The SMILES string of the molecule is CN1CCN(CC(N)C2CCCC2)CC1(C)C. The molecule has 0 spiro atoms. The van der Waals surface area contributed by atoms with E-state index in [1.165, 1.54) is 38.8 Å². The average molecular weight is 239 g/mol. The zero-order valence-electron chi connectivity index (χ0n) is 11.8. The highest BCUT2D eigenvalue weighted by atomic mass is 15.3. The number of piperazine rings is 1. The normalized spacial score (nSPS) is 29.6. The molecule has 1 saturated heterocycles. The molecule has 0 aromatic carbocycles. The molecule has 1 unspecified atom stereocenters. The molecule has 2 fully saturated rings. The Labute approximate surface area is 106 Å². The summed E-state index contributed by atoms with van der Waals surface area (Å²) in [6.45, 7) is 9.27. The maximum atomic E-state index is 6.38. The lowest BCUT2D eigenvalue weighted by Gasteiger charge is -2.46. The predicted molar refractivity (Wildman–Crippen MR) is 73.1 cm³/mol. The molecule has 17 heavy (non-hydrogen) atoms. The molecular weight excluding hydrogens is 210 g/mol. The van der Waals surface area contributed by atoms with Crippen LogP contribution >= 0.6 is 0 Å². The lowest BCUT2D eigenvalue weighted by atomic mass is 9.95. The molecule has 2 N–H and O–H groups in total. The third-order valence-corrected chi connectivity index (χ3v) is 4.87. The van der Waals surface area contributed by atoms with E-state index in [-0.39, 0.29) is 0 Å². The first-order valence-electron chi connectivity index (χ1n) is 7.18. The smallest absolute Gasteiger partial charge is 0.0277 e. The van der Waals surface area contributed by atoms with Crippen molar-refractivity contribution < 1.29 is 0 Å². The monoisotopic (exact) mass is 239 g/mol. The fourth-order valence-corrected chi connectivity index (χ4v) is 3.33. The van der Waals surface area contributed by atoms with Gasteiger partial charge in [-0.15, -0.1) is 0 Å². The lowest BCUT2D eigenvalue weighted by Crippen LogP contribution is -2.59. The van der Waals surface area contributed by atoms with Gasteiger partial charge in [0.15, 0.2) is 0 Å². The molecule has 0 bridgehead atoms. The number of likely N-dealkylation sites (N-methyl/N-ethyl adjacent to an activating group) is 1. The van der Waals surface area contributed by atoms with Crippen molar-refractivity contribution in [3.8, 4) is 0 Å². The average Bonchev–Trinajstić information content (AvgIpc) is 2.76.